The second-order valence-corrected chi connectivity index (χ2v) is 5.31. The second kappa shape index (κ2) is 4.55. The normalized spacial score (nSPS) is 17.6. The third-order valence-electron chi connectivity index (χ3n) is 2.58. The van der Waals surface area contributed by atoms with Crippen LogP contribution in [-0.4, -0.2) is 26.1 Å². The Morgan fingerprint density at radius 1 is 1.56 bits per heavy atom. The van der Waals surface area contributed by atoms with E-state index in [0.717, 1.165) is 24.0 Å². The number of aldehydes is 1. The molecule has 0 unspecified atom stereocenters. The number of benzene rings is 1. The largest absolute Gasteiger partial charge is 0.492 e. The van der Waals surface area contributed by atoms with Crippen molar-refractivity contribution in [1.29, 1.82) is 0 Å². The zero-order valence-corrected chi connectivity index (χ0v) is 10.6. The highest BCUT2D eigenvalue weighted by molar-refractivity contribution is 9.10. The van der Waals surface area contributed by atoms with Gasteiger partial charge in [-0.05, 0) is 18.2 Å². The summed E-state index contributed by atoms with van der Waals surface area (Å²) in [4.78, 5) is 10.8. The van der Waals surface area contributed by atoms with E-state index >= 15 is 0 Å². The van der Waals surface area contributed by atoms with Gasteiger partial charge in [0.05, 0.1) is 25.4 Å². The summed E-state index contributed by atoms with van der Waals surface area (Å²) in [5, 5.41) is 0. The topological polar surface area (TPSA) is 35.5 Å². The molecular weight excluding hydrogens is 272 g/mol. The van der Waals surface area contributed by atoms with Gasteiger partial charge in [0.1, 0.15) is 5.75 Å². The van der Waals surface area contributed by atoms with Crippen molar-refractivity contribution in [2.45, 2.75) is 6.92 Å². The SMILES string of the molecule is CC1(COc2cc(Br)ccc2C=O)COC1. The molecule has 0 N–H and O–H groups in total. The van der Waals surface area contributed by atoms with Gasteiger partial charge < -0.3 is 9.47 Å². The number of carbonyl (C=O) groups excluding carboxylic acids is 1. The van der Waals surface area contributed by atoms with Gasteiger partial charge in [-0.2, -0.15) is 0 Å². The first-order valence-electron chi connectivity index (χ1n) is 5.08. The summed E-state index contributed by atoms with van der Waals surface area (Å²) in [7, 11) is 0. The van der Waals surface area contributed by atoms with Crippen LogP contribution in [0.5, 0.6) is 5.75 Å². The molecule has 0 bridgehead atoms. The average Bonchev–Trinajstić information content (AvgIpc) is 2.24. The Morgan fingerprint density at radius 2 is 2.31 bits per heavy atom. The summed E-state index contributed by atoms with van der Waals surface area (Å²) in [5.41, 5.74) is 0.662. The molecule has 0 saturated carbocycles. The molecule has 0 amide bonds. The van der Waals surface area contributed by atoms with Crippen molar-refractivity contribution < 1.29 is 14.3 Å². The Bertz CT molecular complexity index is 399. The Kier molecular flexibility index (Phi) is 3.30. The van der Waals surface area contributed by atoms with Crippen molar-refractivity contribution in [2.24, 2.45) is 5.41 Å². The van der Waals surface area contributed by atoms with Gasteiger partial charge in [0.15, 0.2) is 6.29 Å². The monoisotopic (exact) mass is 284 g/mol. The predicted molar refractivity (Wildman–Crippen MR) is 64.0 cm³/mol. The van der Waals surface area contributed by atoms with Crippen LogP contribution in [0.15, 0.2) is 22.7 Å². The summed E-state index contributed by atoms with van der Waals surface area (Å²) in [5.74, 6) is 0.623. The van der Waals surface area contributed by atoms with Crippen LogP contribution in [0.2, 0.25) is 0 Å². The first-order chi connectivity index (χ1) is 7.63. The Morgan fingerprint density at radius 3 is 2.88 bits per heavy atom. The molecule has 86 valence electrons. The van der Waals surface area contributed by atoms with Gasteiger partial charge in [-0.25, -0.2) is 0 Å². The molecular formula is C12H13BrO3. The van der Waals surface area contributed by atoms with Gasteiger partial charge in [0.2, 0.25) is 0 Å². The van der Waals surface area contributed by atoms with Crippen LogP contribution in [0.4, 0.5) is 0 Å². The van der Waals surface area contributed by atoms with E-state index in [1.807, 2.05) is 12.1 Å². The van der Waals surface area contributed by atoms with Gasteiger partial charge in [-0.15, -0.1) is 0 Å². The van der Waals surface area contributed by atoms with Crippen molar-refractivity contribution >= 4 is 22.2 Å². The molecule has 4 heteroatoms. The standard InChI is InChI=1S/C12H13BrO3/c1-12(6-15-7-12)8-16-11-4-10(13)3-2-9(11)5-14/h2-5H,6-8H2,1H3. The Labute approximate surface area is 103 Å². The fourth-order valence-electron chi connectivity index (χ4n) is 1.52. The lowest BCUT2D eigenvalue weighted by molar-refractivity contribution is -0.120. The van der Waals surface area contributed by atoms with Crippen molar-refractivity contribution in [3.8, 4) is 5.75 Å². The summed E-state index contributed by atoms with van der Waals surface area (Å²) in [6.07, 6.45) is 0.807. The van der Waals surface area contributed by atoms with Crippen molar-refractivity contribution in [1.82, 2.24) is 0 Å². The third-order valence-corrected chi connectivity index (χ3v) is 3.07. The average molecular weight is 285 g/mol. The van der Waals surface area contributed by atoms with Crippen molar-refractivity contribution in [3.63, 3.8) is 0 Å². The van der Waals surface area contributed by atoms with Gasteiger partial charge in [0, 0.05) is 9.89 Å². The first kappa shape index (κ1) is 11.6. The van der Waals surface area contributed by atoms with E-state index in [-0.39, 0.29) is 5.41 Å². The lowest BCUT2D eigenvalue weighted by Gasteiger charge is -2.37. The molecule has 16 heavy (non-hydrogen) atoms. The molecule has 0 aliphatic carbocycles. The lowest BCUT2D eigenvalue weighted by atomic mass is 9.90. The maximum Gasteiger partial charge on any atom is 0.153 e. The van der Waals surface area contributed by atoms with E-state index in [9.17, 15) is 4.79 Å². The van der Waals surface area contributed by atoms with E-state index in [4.69, 9.17) is 9.47 Å². The smallest absolute Gasteiger partial charge is 0.153 e. The molecule has 0 aromatic heterocycles. The van der Waals surface area contributed by atoms with Crippen LogP contribution >= 0.6 is 15.9 Å². The van der Waals surface area contributed by atoms with Crippen LogP contribution in [0, 0.1) is 5.41 Å². The maximum absolute atomic E-state index is 10.8. The molecule has 0 radical (unpaired) electrons. The number of ether oxygens (including phenoxy) is 2. The van der Waals surface area contributed by atoms with Crippen molar-refractivity contribution in [3.05, 3.63) is 28.2 Å². The molecule has 2 rings (SSSR count). The zero-order chi connectivity index (χ0) is 11.6. The highest BCUT2D eigenvalue weighted by Gasteiger charge is 2.34. The molecule has 1 aromatic rings. The molecule has 1 aromatic carbocycles. The predicted octanol–water partition coefficient (Wildman–Crippen LogP) is 2.68. The van der Waals surface area contributed by atoms with Crippen molar-refractivity contribution in [2.75, 3.05) is 19.8 Å². The summed E-state index contributed by atoms with van der Waals surface area (Å²) < 4.78 is 11.7. The third kappa shape index (κ3) is 2.44. The Hall–Kier alpha value is -0.870. The van der Waals surface area contributed by atoms with Gasteiger partial charge in [-0.1, -0.05) is 22.9 Å². The number of hydrogen-bond acceptors (Lipinski definition) is 3. The molecule has 1 saturated heterocycles. The fourth-order valence-corrected chi connectivity index (χ4v) is 1.86. The first-order valence-corrected chi connectivity index (χ1v) is 5.88. The van der Waals surface area contributed by atoms with E-state index < -0.39 is 0 Å². The van der Waals surface area contributed by atoms with Crippen LogP contribution in [-0.2, 0) is 4.74 Å². The molecule has 1 aliphatic heterocycles. The highest BCUT2D eigenvalue weighted by Crippen LogP contribution is 2.29. The minimum absolute atomic E-state index is 0.0858. The minimum atomic E-state index is 0.0858. The number of halogens is 1. The number of carbonyl (C=O) groups is 1. The summed E-state index contributed by atoms with van der Waals surface area (Å²) >= 11 is 3.36. The molecule has 1 fully saturated rings. The van der Waals surface area contributed by atoms with Gasteiger partial charge in [0.25, 0.3) is 0 Å². The summed E-state index contributed by atoms with van der Waals surface area (Å²) in [6, 6.07) is 5.38. The minimum Gasteiger partial charge on any atom is -0.492 e. The van der Waals surface area contributed by atoms with E-state index in [1.54, 1.807) is 6.07 Å². The van der Waals surface area contributed by atoms with Gasteiger partial charge in [-0.3, -0.25) is 4.79 Å². The molecule has 1 heterocycles. The molecule has 0 spiro atoms. The van der Waals surface area contributed by atoms with Crippen LogP contribution in [0.3, 0.4) is 0 Å². The van der Waals surface area contributed by atoms with E-state index in [2.05, 4.69) is 22.9 Å². The quantitative estimate of drug-likeness (QED) is 0.798. The lowest BCUT2D eigenvalue weighted by Crippen LogP contribution is -2.44. The van der Waals surface area contributed by atoms with Crippen LogP contribution in [0.25, 0.3) is 0 Å². The fraction of sp³-hybridized carbons (Fsp3) is 0.417. The number of rotatable bonds is 4. The number of hydrogen-bond donors (Lipinski definition) is 0. The Balaban J connectivity index is 2.07. The maximum atomic E-state index is 10.8. The van der Waals surface area contributed by atoms with E-state index in [1.165, 1.54) is 0 Å². The molecule has 1 aliphatic rings. The van der Waals surface area contributed by atoms with Gasteiger partial charge >= 0.3 is 0 Å². The highest BCUT2D eigenvalue weighted by atomic mass is 79.9. The summed E-state index contributed by atoms with van der Waals surface area (Å²) in [6.45, 7) is 4.12. The zero-order valence-electron chi connectivity index (χ0n) is 9.03. The van der Waals surface area contributed by atoms with E-state index in [0.29, 0.717) is 17.9 Å². The molecule has 0 atom stereocenters. The molecule has 3 nitrogen and oxygen atoms in total. The van der Waals surface area contributed by atoms with Crippen LogP contribution in [0.1, 0.15) is 17.3 Å². The second-order valence-electron chi connectivity index (χ2n) is 4.39. The van der Waals surface area contributed by atoms with Crippen LogP contribution < -0.4 is 4.74 Å².